The Labute approximate surface area is 110 Å². The van der Waals surface area contributed by atoms with E-state index in [1.165, 1.54) is 5.56 Å². The number of benzene rings is 1. The molecule has 1 aliphatic heterocycles. The number of rotatable bonds is 3. The SMILES string of the molecule is Clc1ccc(CC2=NCCN2)cc1-n1cccn1. The Morgan fingerprint density at radius 2 is 2.33 bits per heavy atom. The Morgan fingerprint density at radius 1 is 1.39 bits per heavy atom. The summed E-state index contributed by atoms with van der Waals surface area (Å²) in [6.07, 6.45) is 4.44. The maximum atomic E-state index is 6.20. The van der Waals surface area contributed by atoms with Crippen LogP contribution in [0.4, 0.5) is 0 Å². The molecule has 0 fully saturated rings. The molecule has 0 spiro atoms. The molecule has 1 aromatic heterocycles. The molecule has 1 aliphatic rings. The van der Waals surface area contributed by atoms with Crippen molar-refractivity contribution in [1.29, 1.82) is 0 Å². The Hall–Kier alpha value is -1.81. The van der Waals surface area contributed by atoms with Crippen LogP contribution in [-0.4, -0.2) is 28.7 Å². The third-order valence-corrected chi connectivity index (χ3v) is 3.20. The molecule has 0 atom stereocenters. The van der Waals surface area contributed by atoms with Gasteiger partial charge in [-0.15, -0.1) is 0 Å². The van der Waals surface area contributed by atoms with E-state index >= 15 is 0 Å². The second kappa shape index (κ2) is 4.82. The van der Waals surface area contributed by atoms with Gasteiger partial charge in [0.1, 0.15) is 5.84 Å². The van der Waals surface area contributed by atoms with E-state index in [-0.39, 0.29) is 0 Å². The van der Waals surface area contributed by atoms with Gasteiger partial charge in [-0.2, -0.15) is 5.10 Å². The number of amidine groups is 1. The van der Waals surface area contributed by atoms with Crippen LogP contribution in [0, 0.1) is 0 Å². The zero-order valence-electron chi connectivity index (χ0n) is 9.81. The molecule has 0 aliphatic carbocycles. The Balaban J connectivity index is 1.90. The lowest BCUT2D eigenvalue weighted by Gasteiger charge is -2.08. The van der Waals surface area contributed by atoms with Crippen LogP contribution < -0.4 is 5.32 Å². The van der Waals surface area contributed by atoms with Crippen LogP contribution in [0.3, 0.4) is 0 Å². The highest BCUT2D eigenvalue weighted by molar-refractivity contribution is 6.32. The van der Waals surface area contributed by atoms with Crippen molar-refractivity contribution in [3.63, 3.8) is 0 Å². The average Bonchev–Trinajstić information content (AvgIpc) is 3.04. The number of aliphatic imine (C=N–C) groups is 1. The molecular formula is C13H13ClN4. The summed E-state index contributed by atoms with van der Waals surface area (Å²) in [6, 6.07) is 7.87. The molecule has 0 unspecified atom stereocenters. The fraction of sp³-hybridized carbons (Fsp3) is 0.231. The van der Waals surface area contributed by atoms with Crippen molar-refractivity contribution >= 4 is 17.4 Å². The molecule has 92 valence electrons. The van der Waals surface area contributed by atoms with E-state index in [0.29, 0.717) is 5.02 Å². The third kappa shape index (κ3) is 2.24. The van der Waals surface area contributed by atoms with Crippen molar-refractivity contribution in [1.82, 2.24) is 15.1 Å². The third-order valence-electron chi connectivity index (χ3n) is 2.88. The number of hydrogen-bond acceptors (Lipinski definition) is 3. The first-order valence-corrected chi connectivity index (χ1v) is 6.26. The smallest absolute Gasteiger partial charge is 0.101 e. The van der Waals surface area contributed by atoms with Gasteiger partial charge in [0.05, 0.1) is 17.3 Å². The van der Waals surface area contributed by atoms with Gasteiger partial charge in [-0.1, -0.05) is 17.7 Å². The van der Waals surface area contributed by atoms with Crippen LogP contribution in [0.2, 0.25) is 5.02 Å². The molecule has 0 radical (unpaired) electrons. The number of nitrogens with one attached hydrogen (secondary N) is 1. The van der Waals surface area contributed by atoms with Gasteiger partial charge in [-0.3, -0.25) is 4.99 Å². The van der Waals surface area contributed by atoms with Gasteiger partial charge in [0, 0.05) is 25.4 Å². The van der Waals surface area contributed by atoms with E-state index in [1.807, 2.05) is 24.4 Å². The standard InChI is InChI=1S/C13H13ClN4/c14-11-3-2-10(9-13-15-5-6-16-13)8-12(11)18-7-1-4-17-18/h1-4,7-8H,5-6,9H2,(H,15,16). The molecule has 0 saturated heterocycles. The minimum Gasteiger partial charge on any atom is -0.372 e. The van der Waals surface area contributed by atoms with E-state index in [2.05, 4.69) is 21.5 Å². The number of hydrogen-bond donors (Lipinski definition) is 1. The van der Waals surface area contributed by atoms with E-state index in [1.54, 1.807) is 10.9 Å². The second-order valence-electron chi connectivity index (χ2n) is 4.17. The van der Waals surface area contributed by atoms with Crippen molar-refractivity contribution < 1.29 is 0 Å². The number of aromatic nitrogens is 2. The lowest BCUT2D eigenvalue weighted by atomic mass is 10.1. The topological polar surface area (TPSA) is 42.2 Å². The van der Waals surface area contributed by atoms with Crippen molar-refractivity contribution in [3.05, 3.63) is 47.2 Å². The van der Waals surface area contributed by atoms with Crippen LogP contribution >= 0.6 is 11.6 Å². The van der Waals surface area contributed by atoms with E-state index in [0.717, 1.165) is 31.0 Å². The van der Waals surface area contributed by atoms with Crippen molar-refractivity contribution in [2.24, 2.45) is 4.99 Å². The summed E-state index contributed by atoms with van der Waals surface area (Å²) >= 11 is 6.20. The lowest BCUT2D eigenvalue weighted by Crippen LogP contribution is -2.20. The zero-order valence-corrected chi connectivity index (χ0v) is 10.6. The van der Waals surface area contributed by atoms with Gasteiger partial charge in [-0.25, -0.2) is 4.68 Å². The van der Waals surface area contributed by atoms with E-state index < -0.39 is 0 Å². The second-order valence-corrected chi connectivity index (χ2v) is 4.58. The fourth-order valence-corrected chi connectivity index (χ4v) is 2.22. The predicted octanol–water partition coefficient (Wildman–Crippen LogP) is 2.07. The molecule has 3 rings (SSSR count). The van der Waals surface area contributed by atoms with Crippen molar-refractivity contribution in [2.45, 2.75) is 6.42 Å². The van der Waals surface area contributed by atoms with E-state index in [9.17, 15) is 0 Å². The Bertz CT molecular complexity index is 575. The monoisotopic (exact) mass is 260 g/mol. The largest absolute Gasteiger partial charge is 0.372 e. The summed E-state index contributed by atoms with van der Waals surface area (Å²) in [4.78, 5) is 4.40. The molecule has 0 saturated carbocycles. The van der Waals surface area contributed by atoms with Gasteiger partial charge >= 0.3 is 0 Å². The highest BCUT2D eigenvalue weighted by atomic mass is 35.5. The lowest BCUT2D eigenvalue weighted by molar-refractivity contribution is 0.878. The highest BCUT2D eigenvalue weighted by Crippen LogP contribution is 2.21. The molecule has 18 heavy (non-hydrogen) atoms. The summed E-state index contributed by atoms with van der Waals surface area (Å²) in [6.45, 7) is 1.81. The van der Waals surface area contributed by atoms with Crippen LogP contribution in [0.1, 0.15) is 5.56 Å². The molecule has 1 N–H and O–H groups in total. The Kier molecular flexibility index (Phi) is 3.02. The molecule has 5 heteroatoms. The van der Waals surface area contributed by atoms with Crippen molar-refractivity contribution in [3.8, 4) is 5.69 Å². The number of nitrogens with zero attached hydrogens (tertiary/aromatic N) is 3. The van der Waals surface area contributed by atoms with Gasteiger partial charge in [0.15, 0.2) is 0 Å². The van der Waals surface area contributed by atoms with E-state index in [4.69, 9.17) is 11.6 Å². The van der Waals surface area contributed by atoms with Gasteiger partial charge < -0.3 is 5.32 Å². The summed E-state index contributed by atoms with van der Waals surface area (Å²) in [7, 11) is 0. The molecule has 4 nitrogen and oxygen atoms in total. The average molecular weight is 261 g/mol. The first-order valence-electron chi connectivity index (χ1n) is 5.88. The maximum Gasteiger partial charge on any atom is 0.101 e. The molecular weight excluding hydrogens is 248 g/mol. The summed E-state index contributed by atoms with van der Waals surface area (Å²) in [5.41, 5.74) is 2.08. The predicted molar refractivity (Wildman–Crippen MR) is 72.6 cm³/mol. The quantitative estimate of drug-likeness (QED) is 0.918. The number of halogens is 1. The van der Waals surface area contributed by atoms with Crippen LogP contribution in [0.5, 0.6) is 0 Å². The first kappa shape index (κ1) is 11.3. The maximum absolute atomic E-state index is 6.20. The van der Waals surface area contributed by atoms with Crippen LogP contribution in [0.15, 0.2) is 41.7 Å². The Morgan fingerprint density at radius 3 is 3.06 bits per heavy atom. The van der Waals surface area contributed by atoms with Crippen LogP contribution in [0.25, 0.3) is 5.69 Å². The minimum atomic E-state index is 0.698. The molecule has 1 aromatic carbocycles. The summed E-state index contributed by atoms with van der Waals surface area (Å²) in [5.74, 6) is 1.05. The molecule has 0 amide bonds. The normalized spacial score (nSPS) is 14.4. The minimum absolute atomic E-state index is 0.698. The first-order chi connectivity index (χ1) is 8.83. The zero-order chi connectivity index (χ0) is 12.4. The molecule has 2 aromatic rings. The van der Waals surface area contributed by atoms with Crippen molar-refractivity contribution in [2.75, 3.05) is 13.1 Å². The summed E-state index contributed by atoms with van der Waals surface area (Å²) in [5, 5.41) is 8.17. The molecule has 0 bridgehead atoms. The van der Waals surface area contributed by atoms with Gasteiger partial charge in [0.25, 0.3) is 0 Å². The van der Waals surface area contributed by atoms with Crippen LogP contribution in [-0.2, 0) is 6.42 Å². The summed E-state index contributed by atoms with van der Waals surface area (Å²) < 4.78 is 1.77. The fourth-order valence-electron chi connectivity index (χ4n) is 2.01. The molecule has 2 heterocycles. The van der Waals surface area contributed by atoms with Gasteiger partial charge in [-0.05, 0) is 23.8 Å². The highest BCUT2D eigenvalue weighted by Gasteiger charge is 2.09. The van der Waals surface area contributed by atoms with Gasteiger partial charge in [0.2, 0.25) is 0 Å².